The third-order valence-electron chi connectivity index (χ3n) is 4.91. The molecule has 0 radical (unpaired) electrons. The van der Waals surface area contributed by atoms with Crippen LogP contribution >= 0.6 is 0 Å². The molecule has 0 saturated carbocycles. The summed E-state index contributed by atoms with van der Waals surface area (Å²) >= 11 is 0. The minimum absolute atomic E-state index is 0.0177. The van der Waals surface area contributed by atoms with Crippen LogP contribution in [-0.4, -0.2) is 46.7 Å². The number of hydrogen-bond acceptors (Lipinski definition) is 6. The predicted octanol–water partition coefficient (Wildman–Crippen LogP) is 1.85. The fourth-order valence-corrected chi connectivity index (χ4v) is 3.66. The van der Waals surface area contributed by atoms with E-state index in [2.05, 4.69) is 10.1 Å². The molecule has 0 bridgehead atoms. The van der Waals surface area contributed by atoms with Gasteiger partial charge in [0.2, 0.25) is 5.89 Å². The number of likely N-dealkylation sites (tertiary alicyclic amines) is 1. The normalized spacial score (nSPS) is 27.2. The summed E-state index contributed by atoms with van der Waals surface area (Å²) in [5.41, 5.74) is 0.442. The molecule has 7 heteroatoms. The largest absolute Gasteiger partial charge is 0.459 e. The Morgan fingerprint density at radius 2 is 2.30 bits per heavy atom. The Morgan fingerprint density at radius 1 is 1.43 bits per heavy atom. The van der Waals surface area contributed by atoms with Gasteiger partial charge in [0.05, 0.1) is 17.8 Å². The van der Waals surface area contributed by atoms with Gasteiger partial charge in [-0.05, 0) is 32.8 Å². The van der Waals surface area contributed by atoms with Crippen molar-refractivity contribution in [1.82, 2.24) is 15.0 Å². The molecule has 1 amide bonds. The minimum Gasteiger partial charge on any atom is -0.459 e. The van der Waals surface area contributed by atoms with E-state index in [4.69, 9.17) is 13.7 Å². The number of aryl methyl sites for hydroxylation is 2. The van der Waals surface area contributed by atoms with Crippen LogP contribution in [0.5, 0.6) is 0 Å². The van der Waals surface area contributed by atoms with Crippen molar-refractivity contribution < 1.29 is 18.5 Å². The summed E-state index contributed by atoms with van der Waals surface area (Å²) in [6.45, 7) is 5.47. The summed E-state index contributed by atoms with van der Waals surface area (Å²) in [5, 5.41) is 3.92. The lowest BCUT2D eigenvalue weighted by molar-refractivity contribution is 0.00707. The highest BCUT2D eigenvalue weighted by Gasteiger charge is 2.54. The van der Waals surface area contributed by atoms with Gasteiger partial charge in [0.25, 0.3) is 5.91 Å². The zero-order valence-corrected chi connectivity index (χ0v) is 13.2. The van der Waals surface area contributed by atoms with Gasteiger partial charge in [0.15, 0.2) is 11.6 Å². The van der Waals surface area contributed by atoms with Crippen molar-refractivity contribution in [1.29, 1.82) is 0 Å². The van der Waals surface area contributed by atoms with E-state index in [1.54, 1.807) is 19.3 Å². The third-order valence-corrected chi connectivity index (χ3v) is 4.91. The molecular formula is C16H19N3O4. The molecule has 2 aromatic heterocycles. The van der Waals surface area contributed by atoms with E-state index in [1.807, 2.05) is 11.8 Å². The lowest BCUT2D eigenvalue weighted by atomic mass is 9.76. The molecule has 0 unspecified atom stereocenters. The molecule has 2 saturated heterocycles. The first kappa shape index (κ1) is 14.4. The van der Waals surface area contributed by atoms with Crippen molar-refractivity contribution >= 4 is 5.91 Å². The molecule has 7 nitrogen and oxygen atoms in total. The zero-order chi connectivity index (χ0) is 16.0. The van der Waals surface area contributed by atoms with Crippen LogP contribution in [-0.2, 0) is 10.2 Å². The van der Waals surface area contributed by atoms with E-state index in [0.29, 0.717) is 37.2 Å². The average molecular weight is 317 g/mol. The average Bonchev–Trinajstić information content (AvgIpc) is 3.25. The molecule has 0 N–H and O–H groups in total. The number of fused-ring (bicyclic) bond motifs is 1. The Labute approximate surface area is 133 Å². The van der Waals surface area contributed by atoms with Crippen molar-refractivity contribution in [3.8, 4) is 0 Å². The van der Waals surface area contributed by atoms with E-state index in [-0.39, 0.29) is 12.0 Å². The van der Waals surface area contributed by atoms with Gasteiger partial charge in [-0.15, -0.1) is 0 Å². The van der Waals surface area contributed by atoms with Crippen LogP contribution < -0.4 is 0 Å². The van der Waals surface area contributed by atoms with Crippen LogP contribution in [0.25, 0.3) is 0 Å². The van der Waals surface area contributed by atoms with Crippen molar-refractivity contribution in [2.45, 2.75) is 38.2 Å². The predicted molar refractivity (Wildman–Crippen MR) is 79.0 cm³/mol. The second kappa shape index (κ2) is 5.19. The van der Waals surface area contributed by atoms with Crippen LogP contribution in [0.2, 0.25) is 0 Å². The summed E-state index contributed by atoms with van der Waals surface area (Å²) in [4.78, 5) is 19.0. The van der Waals surface area contributed by atoms with Gasteiger partial charge in [-0.3, -0.25) is 4.79 Å². The topological polar surface area (TPSA) is 81.6 Å². The molecule has 2 atom stereocenters. The summed E-state index contributed by atoms with van der Waals surface area (Å²) in [6, 6.07) is 1.80. The number of carbonyl (C=O) groups excluding carboxylic acids is 1. The molecule has 0 spiro atoms. The number of ether oxygens (including phenoxy) is 1. The maximum atomic E-state index is 12.8. The van der Waals surface area contributed by atoms with Crippen LogP contribution in [0.4, 0.5) is 0 Å². The second-order valence-corrected chi connectivity index (χ2v) is 6.36. The second-order valence-electron chi connectivity index (χ2n) is 6.36. The van der Waals surface area contributed by atoms with E-state index in [0.717, 1.165) is 18.4 Å². The van der Waals surface area contributed by atoms with Crippen molar-refractivity contribution in [3.63, 3.8) is 0 Å². The number of amides is 1. The Bertz CT molecular complexity index is 737. The molecule has 0 aromatic carbocycles. The zero-order valence-electron chi connectivity index (χ0n) is 13.2. The smallest absolute Gasteiger partial charge is 0.289 e. The maximum absolute atomic E-state index is 12.8. The number of furan rings is 1. The lowest BCUT2D eigenvalue weighted by Gasteiger charge is -2.40. The van der Waals surface area contributed by atoms with Gasteiger partial charge >= 0.3 is 0 Å². The Kier molecular flexibility index (Phi) is 3.26. The molecule has 23 heavy (non-hydrogen) atoms. The van der Waals surface area contributed by atoms with Crippen LogP contribution in [0.15, 0.2) is 21.3 Å². The molecule has 2 fully saturated rings. The van der Waals surface area contributed by atoms with Crippen LogP contribution in [0.3, 0.4) is 0 Å². The standard InChI is InChI=1S/C16H19N3O4/c1-10-4-7-22-13(10)14(20)19-6-3-12-16(9-19,5-8-21-12)15-17-11(2)18-23-15/h4,7,12H,3,5-6,8-9H2,1-2H3/t12-,16-/m1/s1. The van der Waals surface area contributed by atoms with Gasteiger partial charge in [0, 0.05) is 25.3 Å². The first-order chi connectivity index (χ1) is 11.1. The Hall–Kier alpha value is -2.15. The number of rotatable bonds is 2. The number of hydrogen-bond donors (Lipinski definition) is 0. The number of aromatic nitrogens is 2. The molecule has 122 valence electrons. The van der Waals surface area contributed by atoms with E-state index < -0.39 is 5.41 Å². The van der Waals surface area contributed by atoms with Gasteiger partial charge < -0.3 is 18.6 Å². The highest BCUT2D eigenvalue weighted by Crippen LogP contribution is 2.43. The minimum atomic E-state index is -0.407. The molecule has 2 aromatic rings. The SMILES string of the molecule is Cc1noc([C@@]23CCO[C@@H]2CCN(C(=O)c2occc2C)C3)n1. The van der Waals surface area contributed by atoms with Crippen molar-refractivity contribution in [3.05, 3.63) is 35.4 Å². The quantitative estimate of drug-likeness (QED) is 0.841. The fraction of sp³-hybridized carbons (Fsp3) is 0.562. The summed E-state index contributed by atoms with van der Waals surface area (Å²) in [6.07, 6.45) is 3.10. The van der Waals surface area contributed by atoms with Crippen LogP contribution in [0.1, 0.15) is 40.7 Å². The molecule has 4 heterocycles. The summed E-state index contributed by atoms with van der Waals surface area (Å²) in [5.74, 6) is 1.49. The first-order valence-electron chi connectivity index (χ1n) is 7.86. The fourth-order valence-electron chi connectivity index (χ4n) is 3.66. The highest BCUT2D eigenvalue weighted by atomic mass is 16.5. The number of nitrogens with zero attached hydrogens (tertiary/aromatic N) is 3. The third kappa shape index (κ3) is 2.18. The van der Waals surface area contributed by atoms with E-state index in [1.165, 1.54) is 0 Å². The molecule has 0 aliphatic carbocycles. The summed E-state index contributed by atoms with van der Waals surface area (Å²) < 4.78 is 16.7. The molecule has 4 rings (SSSR count). The van der Waals surface area contributed by atoms with Crippen molar-refractivity contribution in [2.24, 2.45) is 0 Å². The maximum Gasteiger partial charge on any atom is 0.289 e. The van der Waals surface area contributed by atoms with Gasteiger partial charge in [-0.1, -0.05) is 5.16 Å². The Balaban J connectivity index is 1.66. The number of piperidine rings is 1. The van der Waals surface area contributed by atoms with Gasteiger partial charge in [-0.2, -0.15) is 4.98 Å². The highest BCUT2D eigenvalue weighted by molar-refractivity contribution is 5.93. The monoisotopic (exact) mass is 317 g/mol. The Morgan fingerprint density at radius 3 is 3.00 bits per heavy atom. The number of carbonyl (C=O) groups is 1. The van der Waals surface area contributed by atoms with Gasteiger partial charge in [-0.25, -0.2) is 0 Å². The first-order valence-corrected chi connectivity index (χ1v) is 7.86. The summed E-state index contributed by atoms with van der Waals surface area (Å²) in [7, 11) is 0. The van der Waals surface area contributed by atoms with E-state index >= 15 is 0 Å². The lowest BCUT2D eigenvalue weighted by Crippen LogP contribution is -2.54. The van der Waals surface area contributed by atoms with Crippen molar-refractivity contribution in [2.75, 3.05) is 19.7 Å². The molecule has 2 aliphatic heterocycles. The van der Waals surface area contributed by atoms with Gasteiger partial charge in [0.1, 0.15) is 0 Å². The molecular weight excluding hydrogens is 298 g/mol. The molecule has 2 aliphatic rings. The van der Waals surface area contributed by atoms with Crippen LogP contribution in [0, 0.1) is 13.8 Å². The van der Waals surface area contributed by atoms with E-state index in [9.17, 15) is 4.79 Å².